The van der Waals surface area contributed by atoms with Gasteiger partial charge in [0.1, 0.15) is 0 Å². The SMILES string of the molecule is CCc1nc(-c2ccc3c(c2)CC[C@H]3CC(=O)c2ccnnc2)no1. The molecule has 0 saturated carbocycles. The van der Waals surface area contributed by atoms with Crippen LogP contribution in [0.15, 0.2) is 41.2 Å². The smallest absolute Gasteiger partial charge is 0.226 e. The number of hydrogen-bond acceptors (Lipinski definition) is 6. The first-order valence-corrected chi connectivity index (χ1v) is 8.50. The number of Topliss-reactive ketones (excluding diaryl/α,β-unsaturated/α-hetero) is 1. The molecule has 6 heteroatoms. The third-order valence-corrected chi connectivity index (χ3v) is 4.71. The van der Waals surface area contributed by atoms with E-state index in [1.54, 1.807) is 12.3 Å². The Labute approximate surface area is 145 Å². The Morgan fingerprint density at radius 3 is 2.96 bits per heavy atom. The second-order valence-electron chi connectivity index (χ2n) is 6.27. The fraction of sp³-hybridized carbons (Fsp3) is 0.316. The molecule has 1 aromatic carbocycles. The highest BCUT2D eigenvalue weighted by molar-refractivity contribution is 5.96. The lowest BCUT2D eigenvalue weighted by Crippen LogP contribution is -2.06. The first kappa shape index (κ1) is 15.6. The van der Waals surface area contributed by atoms with Gasteiger partial charge in [-0.3, -0.25) is 4.79 Å². The van der Waals surface area contributed by atoms with Crippen LogP contribution < -0.4 is 0 Å². The van der Waals surface area contributed by atoms with E-state index in [0.717, 1.165) is 24.8 Å². The molecule has 1 aliphatic carbocycles. The molecule has 0 saturated heterocycles. The van der Waals surface area contributed by atoms with Gasteiger partial charge in [-0.05, 0) is 42.0 Å². The van der Waals surface area contributed by atoms with E-state index >= 15 is 0 Å². The van der Waals surface area contributed by atoms with Crippen molar-refractivity contribution in [2.24, 2.45) is 0 Å². The van der Waals surface area contributed by atoms with Crippen molar-refractivity contribution in [2.75, 3.05) is 0 Å². The number of hydrogen-bond donors (Lipinski definition) is 0. The van der Waals surface area contributed by atoms with Crippen molar-refractivity contribution in [3.8, 4) is 11.4 Å². The number of ketones is 1. The molecule has 3 aromatic rings. The van der Waals surface area contributed by atoms with Crippen LogP contribution in [0.25, 0.3) is 11.4 Å². The molecule has 25 heavy (non-hydrogen) atoms. The summed E-state index contributed by atoms with van der Waals surface area (Å²) in [6.07, 6.45) is 6.26. The van der Waals surface area contributed by atoms with Gasteiger partial charge in [0, 0.05) is 24.0 Å². The third kappa shape index (κ3) is 3.07. The number of carbonyl (C=O) groups excluding carboxylic acids is 1. The zero-order chi connectivity index (χ0) is 17.2. The van der Waals surface area contributed by atoms with Gasteiger partial charge in [-0.2, -0.15) is 15.2 Å². The molecule has 4 rings (SSSR count). The van der Waals surface area contributed by atoms with Crippen LogP contribution >= 0.6 is 0 Å². The van der Waals surface area contributed by atoms with Gasteiger partial charge in [-0.25, -0.2) is 0 Å². The largest absolute Gasteiger partial charge is 0.339 e. The minimum Gasteiger partial charge on any atom is -0.339 e. The summed E-state index contributed by atoms with van der Waals surface area (Å²) in [7, 11) is 0. The number of rotatable bonds is 5. The maximum Gasteiger partial charge on any atom is 0.226 e. The molecule has 0 spiro atoms. The lowest BCUT2D eigenvalue weighted by atomic mass is 9.93. The Morgan fingerprint density at radius 1 is 1.28 bits per heavy atom. The lowest BCUT2D eigenvalue weighted by Gasteiger charge is -2.11. The number of benzene rings is 1. The van der Waals surface area contributed by atoms with Crippen LogP contribution in [0.2, 0.25) is 0 Å². The number of nitrogens with zero attached hydrogens (tertiary/aromatic N) is 4. The van der Waals surface area contributed by atoms with Gasteiger partial charge in [0.15, 0.2) is 5.78 Å². The van der Waals surface area contributed by atoms with Crippen LogP contribution in [0.3, 0.4) is 0 Å². The van der Waals surface area contributed by atoms with Gasteiger partial charge in [0.05, 0.1) is 12.4 Å². The van der Waals surface area contributed by atoms with Gasteiger partial charge >= 0.3 is 0 Å². The molecule has 0 N–H and O–H groups in total. The zero-order valence-corrected chi connectivity index (χ0v) is 14.0. The van der Waals surface area contributed by atoms with E-state index in [2.05, 4.69) is 32.5 Å². The second kappa shape index (κ2) is 6.55. The quantitative estimate of drug-likeness (QED) is 0.665. The van der Waals surface area contributed by atoms with Crippen molar-refractivity contribution in [1.29, 1.82) is 0 Å². The van der Waals surface area contributed by atoms with Gasteiger partial charge in [-0.15, -0.1) is 0 Å². The molecule has 2 aromatic heterocycles. The predicted octanol–water partition coefficient (Wildman–Crippen LogP) is 3.39. The molecule has 0 bridgehead atoms. The monoisotopic (exact) mass is 334 g/mol. The maximum absolute atomic E-state index is 12.4. The summed E-state index contributed by atoms with van der Waals surface area (Å²) in [5, 5.41) is 11.5. The summed E-state index contributed by atoms with van der Waals surface area (Å²) in [5.41, 5.74) is 4.11. The average Bonchev–Trinajstić information content (AvgIpc) is 3.29. The Kier molecular flexibility index (Phi) is 4.09. The third-order valence-electron chi connectivity index (χ3n) is 4.71. The van der Waals surface area contributed by atoms with Crippen molar-refractivity contribution >= 4 is 5.78 Å². The zero-order valence-electron chi connectivity index (χ0n) is 14.0. The average molecular weight is 334 g/mol. The summed E-state index contributed by atoms with van der Waals surface area (Å²) in [4.78, 5) is 16.8. The molecule has 0 aliphatic heterocycles. The molecular formula is C19H18N4O2. The standard InChI is InChI=1S/C19H18N4O2/c1-2-18-22-19(23-25-18)14-5-6-16-12(9-14)3-4-13(16)10-17(24)15-7-8-20-21-11-15/h5-9,11,13H,2-4,10H2,1H3/t13-/m0/s1. The van der Waals surface area contributed by atoms with Crippen molar-refractivity contribution in [2.45, 2.75) is 38.5 Å². The molecule has 0 amide bonds. The van der Waals surface area contributed by atoms with Crippen molar-refractivity contribution < 1.29 is 9.32 Å². The van der Waals surface area contributed by atoms with Crippen molar-refractivity contribution in [3.05, 3.63) is 59.2 Å². The molecule has 2 heterocycles. The normalized spacial score (nSPS) is 16.0. The van der Waals surface area contributed by atoms with E-state index < -0.39 is 0 Å². The highest BCUT2D eigenvalue weighted by Crippen LogP contribution is 2.37. The Hall–Kier alpha value is -2.89. The number of carbonyl (C=O) groups is 1. The van der Waals surface area contributed by atoms with Crippen LogP contribution in [0.1, 0.15) is 53.1 Å². The summed E-state index contributed by atoms with van der Waals surface area (Å²) in [5.74, 6) is 1.63. The number of aromatic nitrogens is 4. The van der Waals surface area contributed by atoms with Gasteiger partial charge in [-0.1, -0.05) is 24.2 Å². The molecule has 6 nitrogen and oxygen atoms in total. The fourth-order valence-electron chi connectivity index (χ4n) is 3.37. The Balaban J connectivity index is 1.54. The molecule has 0 fully saturated rings. The lowest BCUT2D eigenvalue weighted by molar-refractivity contribution is 0.0973. The van der Waals surface area contributed by atoms with Crippen LogP contribution in [0.4, 0.5) is 0 Å². The minimum atomic E-state index is 0.114. The minimum absolute atomic E-state index is 0.114. The van der Waals surface area contributed by atoms with Crippen molar-refractivity contribution in [1.82, 2.24) is 20.3 Å². The summed E-state index contributed by atoms with van der Waals surface area (Å²) in [6, 6.07) is 7.95. The van der Waals surface area contributed by atoms with Crippen LogP contribution in [-0.4, -0.2) is 26.1 Å². The van der Waals surface area contributed by atoms with E-state index in [0.29, 0.717) is 23.7 Å². The first-order valence-electron chi connectivity index (χ1n) is 8.50. The van der Waals surface area contributed by atoms with Crippen molar-refractivity contribution in [3.63, 3.8) is 0 Å². The van der Waals surface area contributed by atoms with E-state index in [-0.39, 0.29) is 11.7 Å². The highest BCUT2D eigenvalue weighted by Gasteiger charge is 2.26. The molecular weight excluding hydrogens is 316 g/mol. The predicted molar refractivity (Wildman–Crippen MR) is 91.2 cm³/mol. The van der Waals surface area contributed by atoms with Crippen LogP contribution in [0, 0.1) is 0 Å². The van der Waals surface area contributed by atoms with Crippen LogP contribution in [0.5, 0.6) is 0 Å². The highest BCUT2D eigenvalue weighted by atomic mass is 16.5. The van der Waals surface area contributed by atoms with E-state index in [9.17, 15) is 4.79 Å². The number of aryl methyl sites for hydroxylation is 2. The maximum atomic E-state index is 12.4. The second-order valence-corrected chi connectivity index (χ2v) is 6.27. The molecule has 126 valence electrons. The first-order chi connectivity index (χ1) is 12.2. The fourth-order valence-corrected chi connectivity index (χ4v) is 3.37. The number of fused-ring (bicyclic) bond motifs is 1. The van der Waals surface area contributed by atoms with E-state index in [1.165, 1.54) is 17.3 Å². The summed E-state index contributed by atoms with van der Waals surface area (Å²) in [6.45, 7) is 1.99. The van der Waals surface area contributed by atoms with Gasteiger partial charge in [0.25, 0.3) is 0 Å². The van der Waals surface area contributed by atoms with E-state index in [4.69, 9.17) is 4.52 Å². The summed E-state index contributed by atoms with van der Waals surface area (Å²) >= 11 is 0. The van der Waals surface area contributed by atoms with Gasteiger partial charge in [0.2, 0.25) is 11.7 Å². The topological polar surface area (TPSA) is 81.8 Å². The molecule has 0 unspecified atom stereocenters. The molecule has 1 atom stereocenters. The van der Waals surface area contributed by atoms with Gasteiger partial charge < -0.3 is 4.52 Å². The van der Waals surface area contributed by atoms with Crippen LogP contribution in [-0.2, 0) is 12.8 Å². The molecule has 1 aliphatic rings. The molecule has 0 radical (unpaired) electrons. The Morgan fingerprint density at radius 2 is 2.20 bits per heavy atom. The Bertz CT molecular complexity index is 905. The summed E-state index contributed by atoms with van der Waals surface area (Å²) < 4.78 is 5.19. The van der Waals surface area contributed by atoms with E-state index in [1.807, 2.05) is 13.0 Å².